The van der Waals surface area contributed by atoms with Crippen molar-refractivity contribution in [3.63, 3.8) is 0 Å². The molecule has 0 aromatic carbocycles. The Kier molecular flexibility index (Phi) is 3.36. The zero-order valence-electron chi connectivity index (χ0n) is 8.97. The fraction of sp³-hybridized carbons (Fsp3) is 0.455. The average molecular weight is 237 g/mol. The predicted octanol–water partition coefficient (Wildman–Crippen LogP) is 0.677. The van der Waals surface area contributed by atoms with Gasteiger partial charge in [-0.15, -0.1) is 0 Å². The Labute approximate surface area is 100 Å². The number of hydrogen-bond donors (Lipinski definition) is 2. The summed E-state index contributed by atoms with van der Waals surface area (Å²) in [4.78, 5) is 6.82. The van der Waals surface area contributed by atoms with Gasteiger partial charge in [0.05, 0.1) is 12.6 Å². The Hall–Kier alpha value is -1.20. The van der Waals surface area contributed by atoms with Gasteiger partial charge in [0.2, 0.25) is 0 Å². The second-order valence-corrected chi connectivity index (χ2v) is 4.38. The number of aliphatic hydroxyl groups is 1. The molecule has 2 rings (SSSR count). The molecule has 0 saturated carbocycles. The number of thiocarbonyl (C=S) groups is 1. The van der Waals surface area contributed by atoms with Gasteiger partial charge >= 0.3 is 0 Å². The van der Waals surface area contributed by atoms with Crippen LogP contribution in [0.3, 0.4) is 0 Å². The van der Waals surface area contributed by atoms with Gasteiger partial charge in [-0.3, -0.25) is 0 Å². The molecule has 2 heterocycles. The molecule has 0 bridgehead atoms. The summed E-state index contributed by atoms with van der Waals surface area (Å²) in [6.45, 7) is 1.13. The maximum atomic E-state index is 9.23. The van der Waals surface area contributed by atoms with E-state index in [1.54, 1.807) is 6.20 Å². The summed E-state index contributed by atoms with van der Waals surface area (Å²) in [5, 5.41) is 9.23. The van der Waals surface area contributed by atoms with E-state index in [-0.39, 0.29) is 12.6 Å². The van der Waals surface area contributed by atoms with E-state index in [9.17, 15) is 5.11 Å². The highest BCUT2D eigenvalue weighted by Crippen LogP contribution is 2.23. The topological polar surface area (TPSA) is 62.4 Å². The number of pyridine rings is 1. The van der Waals surface area contributed by atoms with Crippen LogP contribution >= 0.6 is 12.2 Å². The van der Waals surface area contributed by atoms with E-state index in [1.165, 1.54) is 0 Å². The molecule has 5 heteroatoms. The molecule has 1 saturated heterocycles. The highest BCUT2D eigenvalue weighted by molar-refractivity contribution is 7.80. The van der Waals surface area contributed by atoms with E-state index >= 15 is 0 Å². The molecule has 1 aromatic heterocycles. The maximum Gasteiger partial charge on any atom is 0.128 e. The Morgan fingerprint density at radius 2 is 2.44 bits per heavy atom. The van der Waals surface area contributed by atoms with Gasteiger partial charge in [-0.25, -0.2) is 4.98 Å². The van der Waals surface area contributed by atoms with Crippen LogP contribution in [-0.2, 0) is 0 Å². The van der Waals surface area contributed by atoms with Gasteiger partial charge in [-0.2, -0.15) is 0 Å². The van der Waals surface area contributed by atoms with Crippen LogP contribution in [0, 0.1) is 0 Å². The lowest BCUT2D eigenvalue weighted by molar-refractivity contribution is 0.266. The molecule has 3 N–H and O–H groups in total. The lowest BCUT2D eigenvalue weighted by atomic mass is 10.2. The minimum absolute atomic E-state index is 0.179. The molecule has 1 unspecified atom stereocenters. The van der Waals surface area contributed by atoms with Gasteiger partial charge in [0.1, 0.15) is 10.8 Å². The van der Waals surface area contributed by atoms with Gasteiger partial charge in [-0.1, -0.05) is 12.2 Å². The van der Waals surface area contributed by atoms with Gasteiger partial charge < -0.3 is 15.7 Å². The molecule has 1 fully saturated rings. The molecule has 0 aliphatic carbocycles. The number of rotatable bonds is 3. The summed E-state index contributed by atoms with van der Waals surface area (Å²) in [6, 6.07) is 3.98. The summed E-state index contributed by atoms with van der Waals surface area (Å²) in [7, 11) is 0. The first kappa shape index (κ1) is 11.3. The lowest BCUT2D eigenvalue weighted by Gasteiger charge is -2.24. The van der Waals surface area contributed by atoms with E-state index in [0.29, 0.717) is 4.99 Å². The number of anilines is 1. The van der Waals surface area contributed by atoms with Crippen molar-refractivity contribution in [1.29, 1.82) is 0 Å². The zero-order valence-corrected chi connectivity index (χ0v) is 9.78. The van der Waals surface area contributed by atoms with Crippen LogP contribution in [0.2, 0.25) is 0 Å². The molecule has 1 aromatic rings. The molecule has 1 aliphatic heterocycles. The first-order valence-electron chi connectivity index (χ1n) is 5.35. The SMILES string of the molecule is NC(=S)c1ccc(N2CCCC2CO)nc1. The van der Waals surface area contributed by atoms with E-state index in [2.05, 4.69) is 9.88 Å². The molecule has 0 spiro atoms. The summed E-state index contributed by atoms with van der Waals surface area (Å²) in [5.74, 6) is 0.886. The minimum Gasteiger partial charge on any atom is -0.394 e. The second-order valence-electron chi connectivity index (χ2n) is 3.94. The van der Waals surface area contributed by atoms with Crippen LogP contribution in [-0.4, -0.2) is 34.3 Å². The Morgan fingerprint density at radius 3 is 3.00 bits per heavy atom. The maximum absolute atomic E-state index is 9.23. The minimum atomic E-state index is 0.179. The Morgan fingerprint density at radius 1 is 1.62 bits per heavy atom. The molecule has 16 heavy (non-hydrogen) atoms. The predicted molar refractivity (Wildman–Crippen MR) is 67.6 cm³/mol. The summed E-state index contributed by atoms with van der Waals surface area (Å²) >= 11 is 4.87. The molecule has 4 nitrogen and oxygen atoms in total. The molecular formula is C11H15N3OS. The normalized spacial score (nSPS) is 20.1. The van der Waals surface area contributed by atoms with E-state index in [0.717, 1.165) is 30.8 Å². The van der Waals surface area contributed by atoms with Crippen molar-refractivity contribution in [3.8, 4) is 0 Å². The van der Waals surface area contributed by atoms with Crippen molar-refractivity contribution in [2.24, 2.45) is 5.73 Å². The van der Waals surface area contributed by atoms with Crippen LogP contribution in [0.15, 0.2) is 18.3 Å². The lowest BCUT2D eigenvalue weighted by Crippen LogP contribution is -2.32. The first-order valence-corrected chi connectivity index (χ1v) is 5.76. The highest BCUT2D eigenvalue weighted by Gasteiger charge is 2.24. The van der Waals surface area contributed by atoms with E-state index in [4.69, 9.17) is 18.0 Å². The molecule has 1 aliphatic rings. The van der Waals surface area contributed by atoms with Gasteiger partial charge in [0, 0.05) is 18.3 Å². The summed E-state index contributed by atoms with van der Waals surface area (Å²) in [6.07, 6.45) is 3.81. The standard InChI is InChI=1S/C11H15N3OS/c12-11(16)8-3-4-10(13-6-8)14-5-1-2-9(14)7-15/h3-4,6,9,15H,1-2,5,7H2,(H2,12,16). The third-order valence-electron chi connectivity index (χ3n) is 2.91. The van der Waals surface area contributed by atoms with Crippen LogP contribution in [0.1, 0.15) is 18.4 Å². The average Bonchev–Trinajstić information content (AvgIpc) is 2.77. The molecule has 1 atom stereocenters. The van der Waals surface area contributed by atoms with E-state index < -0.39 is 0 Å². The highest BCUT2D eigenvalue weighted by atomic mass is 32.1. The van der Waals surface area contributed by atoms with Crippen LogP contribution in [0.4, 0.5) is 5.82 Å². The fourth-order valence-electron chi connectivity index (χ4n) is 2.03. The number of nitrogens with two attached hydrogens (primary N) is 1. The number of nitrogens with zero attached hydrogens (tertiary/aromatic N) is 2. The van der Waals surface area contributed by atoms with Crippen molar-refractivity contribution in [1.82, 2.24) is 4.98 Å². The van der Waals surface area contributed by atoms with Crippen molar-refractivity contribution < 1.29 is 5.11 Å². The number of aliphatic hydroxyl groups excluding tert-OH is 1. The molecular weight excluding hydrogens is 222 g/mol. The third kappa shape index (κ3) is 2.15. The first-order chi connectivity index (χ1) is 7.72. The number of aromatic nitrogens is 1. The Bertz CT molecular complexity index is 379. The van der Waals surface area contributed by atoms with Gasteiger partial charge in [0.25, 0.3) is 0 Å². The van der Waals surface area contributed by atoms with Gasteiger partial charge in [0.15, 0.2) is 0 Å². The second kappa shape index (κ2) is 4.76. The molecule has 0 radical (unpaired) electrons. The van der Waals surface area contributed by atoms with Crippen molar-refractivity contribution in [2.45, 2.75) is 18.9 Å². The fourth-order valence-corrected chi connectivity index (χ4v) is 2.15. The smallest absolute Gasteiger partial charge is 0.128 e. The van der Waals surface area contributed by atoms with Crippen LogP contribution < -0.4 is 10.6 Å². The van der Waals surface area contributed by atoms with Crippen molar-refractivity contribution in [2.75, 3.05) is 18.1 Å². The quantitative estimate of drug-likeness (QED) is 0.757. The molecule has 0 amide bonds. The third-order valence-corrected chi connectivity index (χ3v) is 3.15. The summed E-state index contributed by atoms with van der Waals surface area (Å²) in [5.41, 5.74) is 6.28. The number of hydrogen-bond acceptors (Lipinski definition) is 4. The van der Waals surface area contributed by atoms with Crippen LogP contribution in [0.5, 0.6) is 0 Å². The van der Waals surface area contributed by atoms with Crippen LogP contribution in [0.25, 0.3) is 0 Å². The van der Waals surface area contributed by atoms with Crippen molar-refractivity contribution >= 4 is 23.0 Å². The molecule has 86 valence electrons. The Balaban J connectivity index is 2.18. The monoisotopic (exact) mass is 237 g/mol. The van der Waals surface area contributed by atoms with Crippen molar-refractivity contribution in [3.05, 3.63) is 23.9 Å². The van der Waals surface area contributed by atoms with Gasteiger partial charge in [-0.05, 0) is 25.0 Å². The largest absolute Gasteiger partial charge is 0.394 e. The van der Waals surface area contributed by atoms with E-state index in [1.807, 2.05) is 12.1 Å². The summed E-state index contributed by atoms with van der Waals surface area (Å²) < 4.78 is 0. The zero-order chi connectivity index (χ0) is 11.5.